The minimum Gasteiger partial charge on any atom is -0.481 e. The van der Waals surface area contributed by atoms with E-state index < -0.39 is 28.1 Å². The van der Waals surface area contributed by atoms with Crippen LogP contribution in [0.1, 0.15) is 32.1 Å². The van der Waals surface area contributed by atoms with Crippen molar-refractivity contribution < 1.29 is 23.1 Å². The van der Waals surface area contributed by atoms with E-state index in [2.05, 4.69) is 0 Å². The van der Waals surface area contributed by atoms with Crippen LogP contribution in [0.4, 0.5) is 0 Å². The number of hydrogen-bond acceptors (Lipinski definition) is 4. The van der Waals surface area contributed by atoms with E-state index >= 15 is 0 Å². The first-order valence-electron chi connectivity index (χ1n) is 7.37. The van der Waals surface area contributed by atoms with Crippen LogP contribution in [0.2, 0.25) is 0 Å². The smallest absolute Gasteiger partial charge is 0.310 e. The first kappa shape index (κ1) is 16.7. The van der Waals surface area contributed by atoms with Gasteiger partial charge >= 0.3 is 5.97 Å². The average Bonchev–Trinajstić information content (AvgIpc) is 2.96. The number of nitrogens with zero attached hydrogens (tertiary/aromatic N) is 2. The third kappa shape index (κ3) is 3.39. The summed E-state index contributed by atoms with van der Waals surface area (Å²) in [5.41, 5.74) is 0. The van der Waals surface area contributed by atoms with Crippen molar-refractivity contribution in [2.45, 2.75) is 44.2 Å². The highest BCUT2D eigenvalue weighted by Crippen LogP contribution is 2.27. The molecule has 1 saturated carbocycles. The molecule has 2 aliphatic rings. The maximum atomic E-state index is 12.7. The summed E-state index contributed by atoms with van der Waals surface area (Å²) in [6, 6.07) is -0.629. The van der Waals surface area contributed by atoms with Gasteiger partial charge in [0.05, 0.1) is 25.2 Å². The second-order valence-corrected chi connectivity index (χ2v) is 7.93. The molecule has 0 amide bonds. The van der Waals surface area contributed by atoms with E-state index in [1.54, 1.807) is 7.05 Å². The number of carboxylic acid groups (broad SMARTS) is 1. The van der Waals surface area contributed by atoms with Gasteiger partial charge in [0, 0.05) is 20.1 Å². The topological polar surface area (TPSA) is 87.2 Å². The zero-order valence-electron chi connectivity index (χ0n) is 12.6. The fraction of sp³-hybridized carbons (Fsp3) is 0.923. The van der Waals surface area contributed by atoms with E-state index in [4.69, 9.17) is 4.74 Å². The van der Waals surface area contributed by atoms with Gasteiger partial charge in [-0.1, -0.05) is 19.3 Å². The zero-order chi connectivity index (χ0) is 15.6. The Balaban J connectivity index is 2.12. The molecular formula is C13H24N2O5S. The van der Waals surface area contributed by atoms with Crippen LogP contribution in [0.3, 0.4) is 0 Å². The lowest BCUT2D eigenvalue weighted by Crippen LogP contribution is -2.51. The molecule has 2 atom stereocenters. The van der Waals surface area contributed by atoms with Gasteiger partial charge in [0.2, 0.25) is 0 Å². The van der Waals surface area contributed by atoms with Crippen molar-refractivity contribution >= 4 is 16.2 Å². The molecule has 1 saturated heterocycles. The molecule has 1 aliphatic heterocycles. The highest BCUT2D eigenvalue weighted by molar-refractivity contribution is 7.86. The molecule has 2 rings (SSSR count). The third-order valence-corrected chi connectivity index (χ3v) is 6.68. The minimum atomic E-state index is -3.67. The van der Waals surface area contributed by atoms with Crippen molar-refractivity contribution in [3.05, 3.63) is 0 Å². The maximum absolute atomic E-state index is 12.7. The number of aliphatic carboxylic acids is 1. The lowest BCUT2D eigenvalue weighted by atomic mass is 9.96. The van der Waals surface area contributed by atoms with Crippen molar-refractivity contribution in [1.29, 1.82) is 0 Å². The molecule has 1 heterocycles. The predicted molar refractivity (Wildman–Crippen MR) is 77.1 cm³/mol. The molecule has 1 N–H and O–H groups in total. The van der Waals surface area contributed by atoms with Gasteiger partial charge in [-0.2, -0.15) is 17.0 Å². The van der Waals surface area contributed by atoms with Crippen molar-refractivity contribution in [2.75, 3.05) is 27.3 Å². The van der Waals surface area contributed by atoms with E-state index in [9.17, 15) is 18.3 Å². The van der Waals surface area contributed by atoms with Crippen LogP contribution in [-0.4, -0.2) is 67.5 Å². The van der Waals surface area contributed by atoms with E-state index in [0.29, 0.717) is 0 Å². The number of carbonyl (C=O) groups is 1. The van der Waals surface area contributed by atoms with Gasteiger partial charge < -0.3 is 9.84 Å². The second-order valence-electron chi connectivity index (χ2n) is 5.88. The van der Waals surface area contributed by atoms with Gasteiger partial charge in [-0.15, -0.1) is 0 Å². The minimum absolute atomic E-state index is 0.0109. The van der Waals surface area contributed by atoms with Crippen LogP contribution < -0.4 is 0 Å². The molecule has 21 heavy (non-hydrogen) atoms. The SMILES string of the molecule is CN(C1CCCCC1)S(=O)(=O)N(C)C1COCC1C(=O)O. The summed E-state index contributed by atoms with van der Waals surface area (Å²) < 4.78 is 33.1. The average molecular weight is 320 g/mol. The fourth-order valence-corrected chi connectivity index (χ4v) is 4.69. The summed E-state index contributed by atoms with van der Waals surface area (Å²) in [4.78, 5) is 11.2. The first-order valence-corrected chi connectivity index (χ1v) is 8.77. The van der Waals surface area contributed by atoms with Gasteiger partial charge in [-0.05, 0) is 12.8 Å². The lowest BCUT2D eigenvalue weighted by Gasteiger charge is -2.35. The fourth-order valence-electron chi connectivity index (χ4n) is 3.14. The van der Waals surface area contributed by atoms with Crippen LogP contribution in [0, 0.1) is 5.92 Å². The third-order valence-electron chi connectivity index (χ3n) is 4.65. The Bertz CT molecular complexity index is 475. The van der Waals surface area contributed by atoms with Crippen LogP contribution >= 0.6 is 0 Å². The summed E-state index contributed by atoms with van der Waals surface area (Å²) in [5.74, 6) is -1.82. The Morgan fingerprint density at radius 2 is 1.71 bits per heavy atom. The Morgan fingerprint density at radius 3 is 2.29 bits per heavy atom. The zero-order valence-corrected chi connectivity index (χ0v) is 13.4. The Labute approximate surface area is 126 Å². The van der Waals surface area contributed by atoms with Crippen LogP contribution in [0.5, 0.6) is 0 Å². The van der Waals surface area contributed by atoms with Crippen LogP contribution in [0.15, 0.2) is 0 Å². The predicted octanol–water partition coefficient (Wildman–Crippen LogP) is 0.527. The first-order chi connectivity index (χ1) is 9.85. The molecule has 2 fully saturated rings. The summed E-state index contributed by atoms with van der Waals surface area (Å²) in [6.45, 7) is 0.193. The summed E-state index contributed by atoms with van der Waals surface area (Å²) >= 11 is 0. The van der Waals surface area contributed by atoms with Crippen molar-refractivity contribution in [2.24, 2.45) is 5.92 Å². The Kier molecular flexibility index (Phi) is 5.24. The van der Waals surface area contributed by atoms with E-state index in [0.717, 1.165) is 32.1 Å². The quantitative estimate of drug-likeness (QED) is 0.798. The molecule has 8 heteroatoms. The molecule has 0 aromatic rings. The number of carboxylic acids is 1. The number of hydrogen-bond donors (Lipinski definition) is 1. The summed E-state index contributed by atoms with van der Waals surface area (Å²) in [6.07, 6.45) is 4.97. The van der Waals surface area contributed by atoms with Crippen molar-refractivity contribution in [1.82, 2.24) is 8.61 Å². The lowest BCUT2D eigenvalue weighted by molar-refractivity contribution is -0.142. The van der Waals surface area contributed by atoms with E-state index in [1.165, 1.54) is 15.7 Å². The molecule has 0 aromatic heterocycles. The van der Waals surface area contributed by atoms with Crippen molar-refractivity contribution in [3.63, 3.8) is 0 Å². The van der Waals surface area contributed by atoms with Gasteiger partial charge in [0.15, 0.2) is 0 Å². The monoisotopic (exact) mass is 320 g/mol. The molecule has 7 nitrogen and oxygen atoms in total. The van der Waals surface area contributed by atoms with Crippen LogP contribution in [-0.2, 0) is 19.7 Å². The van der Waals surface area contributed by atoms with Crippen molar-refractivity contribution in [3.8, 4) is 0 Å². The second kappa shape index (κ2) is 6.60. The van der Waals surface area contributed by atoms with Gasteiger partial charge in [0.1, 0.15) is 0 Å². The van der Waals surface area contributed by atoms with E-state index in [-0.39, 0.29) is 19.3 Å². The maximum Gasteiger partial charge on any atom is 0.310 e. The molecule has 0 aromatic carbocycles. The number of ether oxygens (including phenoxy) is 1. The molecule has 0 spiro atoms. The molecule has 0 radical (unpaired) electrons. The summed E-state index contributed by atoms with van der Waals surface area (Å²) in [7, 11) is -0.626. The molecule has 122 valence electrons. The summed E-state index contributed by atoms with van der Waals surface area (Å²) in [5, 5.41) is 9.17. The Hall–Kier alpha value is -0.700. The van der Waals surface area contributed by atoms with Gasteiger partial charge in [-0.25, -0.2) is 0 Å². The molecular weight excluding hydrogens is 296 g/mol. The number of rotatable bonds is 5. The molecule has 2 unspecified atom stereocenters. The van der Waals surface area contributed by atoms with Crippen LogP contribution in [0.25, 0.3) is 0 Å². The standard InChI is InChI=1S/C13H24N2O5S/c1-14(10-6-4-3-5-7-10)21(18,19)15(2)12-9-20-8-11(12)13(16)17/h10-12H,3-9H2,1-2H3,(H,16,17). The normalized spacial score (nSPS) is 28.4. The van der Waals surface area contributed by atoms with E-state index in [1.807, 2.05) is 0 Å². The molecule has 0 bridgehead atoms. The Morgan fingerprint density at radius 1 is 1.10 bits per heavy atom. The highest BCUT2D eigenvalue weighted by Gasteiger charge is 2.43. The highest BCUT2D eigenvalue weighted by atomic mass is 32.2. The number of likely N-dealkylation sites (N-methyl/N-ethyl adjacent to an activating group) is 1. The van der Waals surface area contributed by atoms with Gasteiger partial charge in [-0.3, -0.25) is 4.79 Å². The molecule has 1 aliphatic carbocycles. The largest absolute Gasteiger partial charge is 0.481 e. The van der Waals surface area contributed by atoms with Gasteiger partial charge in [0.25, 0.3) is 10.2 Å².